The topological polar surface area (TPSA) is 28.2 Å². The molecule has 2 heterocycles. The van der Waals surface area contributed by atoms with Crippen molar-refractivity contribution in [2.24, 2.45) is 0 Å². The van der Waals surface area contributed by atoms with Gasteiger partial charge in [0.2, 0.25) is 0 Å². The summed E-state index contributed by atoms with van der Waals surface area (Å²) >= 11 is 0. The summed E-state index contributed by atoms with van der Waals surface area (Å²) in [7, 11) is 0. The van der Waals surface area contributed by atoms with Crippen LogP contribution in [0.15, 0.2) is 42.6 Å². The molecule has 3 nitrogen and oxygen atoms in total. The van der Waals surface area contributed by atoms with E-state index in [1.807, 2.05) is 12.3 Å². The maximum atomic E-state index is 4.58. The molecule has 1 atom stereocenters. The lowest BCUT2D eigenvalue weighted by molar-refractivity contribution is 0.871. The zero-order valence-corrected chi connectivity index (χ0v) is 12.8. The van der Waals surface area contributed by atoms with Crippen molar-refractivity contribution >= 4 is 11.5 Å². The van der Waals surface area contributed by atoms with Crippen LogP contribution in [0.3, 0.4) is 0 Å². The van der Waals surface area contributed by atoms with Gasteiger partial charge in [0.1, 0.15) is 0 Å². The molecule has 1 fully saturated rings. The molecule has 110 valence electrons. The Hall–Kier alpha value is -2.03. The minimum absolute atomic E-state index is 0.274. The number of benzene rings is 1. The number of hydrogen-bond acceptors (Lipinski definition) is 3. The average molecular weight is 281 g/mol. The van der Waals surface area contributed by atoms with Crippen molar-refractivity contribution in [2.75, 3.05) is 23.3 Å². The van der Waals surface area contributed by atoms with Crippen molar-refractivity contribution in [3.63, 3.8) is 0 Å². The molecule has 0 saturated carbocycles. The summed E-state index contributed by atoms with van der Waals surface area (Å²) in [6, 6.07) is 13.1. The first-order valence-corrected chi connectivity index (χ1v) is 7.77. The van der Waals surface area contributed by atoms with E-state index in [4.69, 9.17) is 0 Å². The Kier molecular flexibility index (Phi) is 4.09. The Balaban J connectivity index is 1.79. The second kappa shape index (κ2) is 6.17. The van der Waals surface area contributed by atoms with Gasteiger partial charge in [0.15, 0.2) is 5.82 Å². The van der Waals surface area contributed by atoms with Gasteiger partial charge < -0.3 is 10.2 Å². The van der Waals surface area contributed by atoms with Gasteiger partial charge in [-0.1, -0.05) is 29.8 Å². The number of aromatic nitrogens is 1. The fourth-order valence-corrected chi connectivity index (χ4v) is 2.86. The summed E-state index contributed by atoms with van der Waals surface area (Å²) in [5, 5.41) is 3.62. The lowest BCUT2D eigenvalue weighted by atomic mass is 10.1. The van der Waals surface area contributed by atoms with Crippen LogP contribution in [0.1, 0.15) is 36.9 Å². The van der Waals surface area contributed by atoms with Gasteiger partial charge in [0.25, 0.3) is 0 Å². The fraction of sp³-hybridized carbons (Fsp3) is 0.389. The van der Waals surface area contributed by atoms with Crippen LogP contribution in [0.25, 0.3) is 0 Å². The minimum atomic E-state index is 0.274. The number of nitrogens with zero attached hydrogens (tertiary/aromatic N) is 2. The second-order valence-electron chi connectivity index (χ2n) is 5.85. The largest absolute Gasteiger partial charge is 0.376 e. The van der Waals surface area contributed by atoms with Crippen molar-refractivity contribution in [1.29, 1.82) is 0 Å². The van der Waals surface area contributed by atoms with Gasteiger partial charge in [-0.15, -0.1) is 0 Å². The van der Waals surface area contributed by atoms with E-state index in [1.54, 1.807) is 0 Å². The van der Waals surface area contributed by atoms with Crippen LogP contribution in [-0.2, 0) is 0 Å². The van der Waals surface area contributed by atoms with Crippen molar-refractivity contribution < 1.29 is 0 Å². The van der Waals surface area contributed by atoms with E-state index < -0.39 is 0 Å². The SMILES string of the molecule is Cc1ccc(C(C)Nc2cccnc2N2CCCC2)cc1. The molecule has 0 amide bonds. The average Bonchev–Trinajstić information content (AvgIpc) is 3.02. The first-order valence-electron chi connectivity index (χ1n) is 7.77. The van der Waals surface area contributed by atoms with E-state index in [0.29, 0.717) is 0 Å². The lowest BCUT2D eigenvalue weighted by Gasteiger charge is -2.23. The highest BCUT2D eigenvalue weighted by atomic mass is 15.2. The molecular weight excluding hydrogens is 258 g/mol. The zero-order valence-electron chi connectivity index (χ0n) is 12.8. The summed E-state index contributed by atoms with van der Waals surface area (Å²) in [6.45, 7) is 6.55. The number of anilines is 2. The summed E-state index contributed by atoms with van der Waals surface area (Å²) in [6.07, 6.45) is 4.42. The summed E-state index contributed by atoms with van der Waals surface area (Å²) in [4.78, 5) is 6.96. The molecule has 1 unspecified atom stereocenters. The Bertz CT molecular complexity index is 586. The Morgan fingerprint density at radius 3 is 2.52 bits per heavy atom. The van der Waals surface area contributed by atoms with Gasteiger partial charge in [-0.3, -0.25) is 0 Å². The van der Waals surface area contributed by atoms with E-state index >= 15 is 0 Å². The monoisotopic (exact) mass is 281 g/mol. The minimum Gasteiger partial charge on any atom is -0.376 e. The molecule has 1 saturated heterocycles. The Labute approximate surface area is 127 Å². The number of nitrogens with one attached hydrogen (secondary N) is 1. The molecule has 21 heavy (non-hydrogen) atoms. The first-order chi connectivity index (χ1) is 10.2. The molecular formula is C18H23N3. The number of hydrogen-bond donors (Lipinski definition) is 1. The van der Waals surface area contributed by atoms with Crippen molar-refractivity contribution in [1.82, 2.24) is 4.98 Å². The van der Waals surface area contributed by atoms with Crippen LogP contribution in [0.5, 0.6) is 0 Å². The van der Waals surface area contributed by atoms with Gasteiger partial charge in [0.05, 0.1) is 5.69 Å². The van der Waals surface area contributed by atoms with E-state index in [9.17, 15) is 0 Å². The van der Waals surface area contributed by atoms with Crippen LogP contribution in [0, 0.1) is 6.92 Å². The van der Waals surface area contributed by atoms with E-state index in [2.05, 4.69) is 59.4 Å². The smallest absolute Gasteiger partial charge is 0.151 e. The van der Waals surface area contributed by atoms with Crippen molar-refractivity contribution in [3.05, 3.63) is 53.7 Å². The van der Waals surface area contributed by atoms with E-state index in [0.717, 1.165) is 24.6 Å². The number of rotatable bonds is 4. The summed E-state index contributed by atoms with van der Waals surface area (Å²) < 4.78 is 0. The van der Waals surface area contributed by atoms with Crippen LogP contribution in [-0.4, -0.2) is 18.1 Å². The quantitative estimate of drug-likeness (QED) is 0.912. The predicted octanol–water partition coefficient (Wildman–Crippen LogP) is 4.16. The Morgan fingerprint density at radius 1 is 1.10 bits per heavy atom. The fourth-order valence-electron chi connectivity index (χ4n) is 2.86. The maximum absolute atomic E-state index is 4.58. The van der Waals surface area contributed by atoms with Crippen LogP contribution < -0.4 is 10.2 Å². The summed E-state index contributed by atoms with van der Waals surface area (Å²) in [5.41, 5.74) is 3.73. The number of aryl methyl sites for hydroxylation is 1. The molecule has 3 heteroatoms. The maximum Gasteiger partial charge on any atom is 0.151 e. The third-order valence-electron chi connectivity index (χ3n) is 4.14. The summed E-state index contributed by atoms with van der Waals surface area (Å²) in [5.74, 6) is 1.09. The molecule has 2 aromatic rings. The Morgan fingerprint density at radius 2 is 1.81 bits per heavy atom. The van der Waals surface area contributed by atoms with Crippen LogP contribution in [0.2, 0.25) is 0 Å². The molecule has 1 aromatic heterocycles. The van der Waals surface area contributed by atoms with Gasteiger partial charge in [-0.05, 0) is 44.4 Å². The molecule has 0 spiro atoms. The lowest BCUT2D eigenvalue weighted by Crippen LogP contribution is -2.21. The van der Waals surface area contributed by atoms with Gasteiger partial charge in [0, 0.05) is 25.3 Å². The highest BCUT2D eigenvalue weighted by molar-refractivity contribution is 5.66. The van der Waals surface area contributed by atoms with Crippen LogP contribution in [0.4, 0.5) is 11.5 Å². The van der Waals surface area contributed by atoms with E-state index in [1.165, 1.54) is 24.0 Å². The van der Waals surface area contributed by atoms with E-state index in [-0.39, 0.29) is 6.04 Å². The molecule has 0 bridgehead atoms. The van der Waals surface area contributed by atoms with Crippen molar-refractivity contribution in [3.8, 4) is 0 Å². The standard InChI is InChI=1S/C18H23N3/c1-14-7-9-16(10-8-14)15(2)20-17-6-5-11-19-18(17)21-12-3-4-13-21/h5-11,15,20H,3-4,12-13H2,1-2H3. The molecule has 1 aliphatic heterocycles. The molecule has 1 N–H and O–H groups in total. The molecule has 3 rings (SSSR count). The molecule has 1 aromatic carbocycles. The first kappa shape index (κ1) is 13.9. The number of pyridine rings is 1. The predicted molar refractivity (Wildman–Crippen MR) is 88.9 cm³/mol. The molecule has 0 radical (unpaired) electrons. The van der Waals surface area contributed by atoms with Gasteiger partial charge in [-0.2, -0.15) is 0 Å². The third-order valence-corrected chi connectivity index (χ3v) is 4.14. The highest BCUT2D eigenvalue weighted by Crippen LogP contribution is 2.29. The van der Waals surface area contributed by atoms with Gasteiger partial charge >= 0.3 is 0 Å². The normalized spacial score (nSPS) is 16.0. The highest BCUT2D eigenvalue weighted by Gasteiger charge is 2.17. The van der Waals surface area contributed by atoms with Crippen molar-refractivity contribution in [2.45, 2.75) is 32.7 Å². The third kappa shape index (κ3) is 3.18. The molecule has 0 aliphatic carbocycles. The van der Waals surface area contributed by atoms with Gasteiger partial charge in [-0.25, -0.2) is 4.98 Å². The second-order valence-corrected chi connectivity index (χ2v) is 5.85. The van der Waals surface area contributed by atoms with Crippen LogP contribution >= 0.6 is 0 Å². The zero-order chi connectivity index (χ0) is 14.7. The molecule has 1 aliphatic rings.